The van der Waals surface area contributed by atoms with Gasteiger partial charge in [-0.1, -0.05) is 13.8 Å². The molecule has 0 aromatic carbocycles. The van der Waals surface area contributed by atoms with Crippen molar-refractivity contribution < 1.29 is 9.53 Å². The van der Waals surface area contributed by atoms with Crippen molar-refractivity contribution in [2.24, 2.45) is 5.92 Å². The van der Waals surface area contributed by atoms with Crippen molar-refractivity contribution in [1.29, 1.82) is 0 Å². The largest absolute Gasteiger partial charge is 0.465 e. The summed E-state index contributed by atoms with van der Waals surface area (Å²) in [5, 5.41) is 4.24. The Kier molecular flexibility index (Phi) is 3.28. The van der Waals surface area contributed by atoms with Crippen LogP contribution < -0.4 is 0 Å². The lowest BCUT2D eigenvalue weighted by Crippen LogP contribution is -2.05. The molecular formula is C10H16N2O2. The Morgan fingerprint density at radius 1 is 1.64 bits per heavy atom. The number of aromatic nitrogens is 2. The van der Waals surface area contributed by atoms with Gasteiger partial charge in [0.25, 0.3) is 0 Å². The molecule has 0 saturated heterocycles. The van der Waals surface area contributed by atoms with Gasteiger partial charge in [-0.05, 0) is 12.8 Å². The third-order valence-electron chi connectivity index (χ3n) is 1.90. The molecule has 0 radical (unpaired) electrons. The maximum atomic E-state index is 11.3. The summed E-state index contributed by atoms with van der Waals surface area (Å²) in [6, 6.07) is 0. The topological polar surface area (TPSA) is 44.1 Å². The molecule has 0 unspecified atom stereocenters. The van der Waals surface area contributed by atoms with E-state index in [1.54, 1.807) is 10.9 Å². The Morgan fingerprint density at radius 2 is 2.29 bits per heavy atom. The van der Waals surface area contributed by atoms with E-state index in [1.165, 1.54) is 7.11 Å². The van der Waals surface area contributed by atoms with Gasteiger partial charge in [0.1, 0.15) is 5.56 Å². The number of carbonyl (C=O) groups excluding carboxylic acids is 1. The Bertz CT molecular complexity index is 329. The van der Waals surface area contributed by atoms with Gasteiger partial charge in [-0.15, -0.1) is 0 Å². The molecule has 1 rings (SSSR count). The second-order valence-electron chi connectivity index (χ2n) is 3.74. The van der Waals surface area contributed by atoms with Gasteiger partial charge in [-0.25, -0.2) is 4.79 Å². The summed E-state index contributed by atoms with van der Waals surface area (Å²) in [6.07, 6.45) is 1.74. The highest BCUT2D eigenvalue weighted by Gasteiger charge is 2.13. The standard InChI is InChI=1S/C10H16N2O2/c1-7(2)5-12-6-9(8(3)11-12)10(13)14-4/h6-7H,5H2,1-4H3. The lowest BCUT2D eigenvalue weighted by molar-refractivity contribution is 0.0600. The molecule has 0 fully saturated rings. The van der Waals surface area contributed by atoms with E-state index in [1.807, 2.05) is 6.92 Å². The number of esters is 1. The first-order valence-electron chi connectivity index (χ1n) is 4.67. The highest BCUT2D eigenvalue weighted by Crippen LogP contribution is 2.08. The molecule has 1 aromatic heterocycles. The molecule has 1 heterocycles. The quantitative estimate of drug-likeness (QED) is 0.690. The average Bonchev–Trinajstić information content (AvgIpc) is 2.44. The molecule has 0 aliphatic rings. The molecule has 0 atom stereocenters. The average molecular weight is 196 g/mol. The van der Waals surface area contributed by atoms with Crippen LogP contribution in [0.15, 0.2) is 6.20 Å². The van der Waals surface area contributed by atoms with Crippen molar-refractivity contribution in [3.63, 3.8) is 0 Å². The van der Waals surface area contributed by atoms with Gasteiger partial charge in [0.2, 0.25) is 0 Å². The molecule has 78 valence electrons. The lowest BCUT2D eigenvalue weighted by Gasteiger charge is -2.03. The zero-order valence-electron chi connectivity index (χ0n) is 9.07. The molecule has 0 spiro atoms. The fourth-order valence-corrected chi connectivity index (χ4v) is 1.30. The molecule has 0 bridgehead atoms. The molecule has 0 saturated carbocycles. The number of carbonyl (C=O) groups is 1. The summed E-state index contributed by atoms with van der Waals surface area (Å²) in [7, 11) is 1.38. The van der Waals surface area contributed by atoms with Crippen LogP contribution in [0.25, 0.3) is 0 Å². The van der Waals surface area contributed by atoms with Crippen molar-refractivity contribution in [3.05, 3.63) is 17.5 Å². The minimum Gasteiger partial charge on any atom is -0.465 e. The van der Waals surface area contributed by atoms with Crippen LogP contribution in [-0.4, -0.2) is 22.9 Å². The molecule has 0 amide bonds. The smallest absolute Gasteiger partial charge is 0.341 e. The van der Waals surface area contributed by atoms with Crippen LogP contribution in [-0.2, 0) is 11.3 Å². The number of hydrogen-bond donors (Lipinski definition) is 0. The molecule has 4 heteroatoms. The Labute approximate surface area is 83.9 Å². The van der Waals surface area contributed by atoms with E-state index in [-0.39, 0.29) is 5.97 Å². The third-order valence-corrected chi connectivity index (χ3v) is 1.90. The van der Waals surface area contributed by atoms with Crippen molar-refractivity contribution in [2.75, 3.05) is 7.11 Å². The molecule has 14 heavy (non-hydrogen) atoms. The summed E-state index contributed by atoms with van der Waals surface area (Å²) in [5.74, 6) is 0.192. The first-order valence-corrected chi connectivity index (χ1v) is 4.67. The van der Waals surface area contributed by atoms with Crippen LogP contribution in [0.4, 0.5) is 0 Å². The fourth-order valence-electron chi connectivity index (χ4n) is 1.30. The summed E-state index contributed by atoms with van der Waals surface area (Å²) in [6.45, 7) is 6.84. The van der Waals surface area contributed by atoms with Crippen molar-refractivity contribution >= 4 is 5.97 Å². The number of nitrogens with zero attached hydrogens (tertiary/aromatic N) is 2. The van der Waals surface area contributed by atoms with E-state index in [2.05, 4.69) is 23.7 Å². The van der Waals surface area contributed by atoms with E-state index in [0.29, 0.717) is 11.5 Å². The number of hydrogen-bond acceptors (Lipinski definition) is 3. The van der Waals surface area contributed by atoms with Crippen LogP contribution >= 0.6 is 0 Å². The number of rotatable bonds is 3. The monoisotopic (exact) mass is 196 g/mol. The first-order chi connectivity index (χ1) is 6.54. The van der Waals surface area contributed by atoms with Gasteiger partial charge in [0, 0.05) is 12.7 Å². The van der Waals surface area contributed by atoms with E-state index in [0.717, 1.165) is 12.2 Å². The predicted molar refractivity (Wildman–Crippen MR) is 53.1 cm³/mol. The van der Waals surface area contributed by atoms with Gasteiger partial charge in [-0.3, -0.25) is 4.68 Å². The molecule has 0 aliphatic heterocycles. The molecule has 0 aliphatic carbocycles. The van der Waals surface area contributed by atoms with Crippen LogP contribution in [0.5, 0.6) is 0 Å². The SMILES string of the molecule is COC(=O)c1cn(CC(C)C)nc1C. The maximum Gasteiger partial charge on any atom is 0.341 e. The van der Waals surface area contributed by atoms with E-state index >= 15 is 0 Å². The van der Waals surface area contributed by atoms with Crippen molar-refractivity contribution in [1.82, 2.24) is 9.78 Å². The van der Waals surface area contributed by atoms with Crippen LogP contribution in [0.2, 0.25) is 0 Å². The predicted octanol–water partition coefficient (Wildman–Crippen LogP) is 1.63. The van der Waals surface area contributed by atoms with Crippen LogP contribution in [0.1, 0.15) is 29.9 Å². The second-order valence-corrected chi connectivity index (χ2v) is 3.74. The lowest BCUT2D eigenvalue weighted by atomic mass is 10.2. The zero-order valence-corrected chi connectivity index (χ0v) is 9.07. The van der Waals surface area contributed by atoms with Gasteiger partial charge in [0.15, 0.2) is 0 Å². The van der Waals surface area contributed by atoms with E-state index < -0.39 is 0 Å². The molecular weight excluding hydrogens is 180 g/mol. The third kappa shape index (κ3) is 2.34. The van der Waals surface area contributed by atoms with E-state index in [9.17, 15) is 4.79 Å². The van der Waals surface area contributed by atoms with E-state index in [4.69, 9.17) is 0 Å². The summed E-state index contributed by atoms with van der Waals surface area (Å²) in [4.78, 5) is 11.3. The highest BCUT2D eigenvalue weighted by molar-refractivity contribution is 5.90. The number of methoxy groups -OCH3 is 1. The summed E-state index contributed by atoms with van der Waals surface area (Å²) >= 11 is 0. The second kappa shape index (κ2) is 4.26. The number of ether oxygens (including phenoxy) is 1. The van der Waals surface area contributed by atoms with Gasteiger partial charge in [-0.2, -0.15) is 5.10 Å². The minimum atomic E-state index is -0.322. The van der Waals surface area contributed by atoms with Crippen LogP contribution in [0, 0.1) is 12.8 Å². The Morgan fingerprint density at radius 3 is 2.79 bits per heavy atom. The van der Waals surface area contributed by atoms with Gasteiger partial charge < -0.3 is 4.74 Å². The maximum absolute atomic E-state index is 11.3. The van der Waals surface area contributed by atoms with Gasteiger partial charge in [0.05, 0.1) is 12.8 Å². The van der Waals surface area contributed by atoms with Crippen molar-refractivity contribution in [2.45, 2.75) is 27.3 Å². The summed E-state index contributed by atoms with van der Waals surface area (Å²) < 4.78 is 6.43. The van der Waals surface area contributed by atoms with Crippen LogP contribution in [0.3, 0.4) is 0 Å². The highest BCUT2D eigenvalue weighted by atomic mass is 16.5. The summed E-state index contributed by atoms with van der Waals surface area (Å²) in [5.41, 5.74) is 1.27. The molecule has 4 nitrogen and oxygen atoms in total. The zero-order chi connectivity index (χ0) is 10.7. The normalized spacial score (nSPS) is 10.6. The Balaban J connectivity index is 2.87. The van der Waals surface area contributed by atoms with Gasteiger partial charge >= 0.3 is 5.97 Å². The molecule has 1 aromatic rings. The van der Waals surface area contributed by atoms with Crippen molar-refractivity contribution in [3.8, 4) is 0 Å². The molecule has 0 N–H and O–H groups in total. The number of aryl methyl sites for hydroxylation is 1. The Hall–Kier alpha value is -1.32. The fraction of sp³-hybridized carbons (Fsp3) is 0.600. The minimum absolute atomic E-state index is 0.322. The first kappa shape index (κ1) is 10.8.